The molecule has 0 bridgehead atoms. The average molecular weight is 505 g/mol. The van der Waals surface area contributed by atoms with Crippen molar-refractivity contribution in [2.24, 2.45) is 0 Å². The van der Waals surface area contributed by atoms with Gasteiger partial charge in [0.2, 0.25) is 0 Å². The number of benzene rings is 3. The molecule has 174 valence electrons. The van der Waals surface area contributed by atoms with Crippen molar-refractivity contribution in [1.29, 1.82) is 0 Å². The minimum atomic E-state index is -1.39. The quantitative estimate of drug-likeness (QED) is 0.225. The predicted octanol–water partition coefficient (Wildman–Crippen LogP) is -5.62. The number of carboxylic acid groups (broad SMARTS) is 2. The van der Waals surface area contributed by atoms with Crippen molar-refractivity contribution in [3.8, 4) is 0 Å². The Labute approximate surface area is 252 Å². The molecular formula is C25H21N3Na2O6. The van der Waals surface area contributed by atoms with Crippen molar-refractivity contribution >= 4 is 45.9 Å². The molecule has 2 amide bonds. The molecule has 11 heteroatoms. The van der Waals surface area contributed by atoms with Crippen LogP contribution in [0.15, 0.2) is 54.6 Å². The van der Waals surface area contributed by atoms with Crippen molar-refractivity contribution in [2.45, 2.75) is 13.5 Å². The molecular weight excluding hydrogens is 484 g/mol. The molecule has 0 saturated heterocycles. The fourth-order valence-electron chi connectivity index (χ4n) is 4.16. The van der Waals surface area contributed by atoms with Crippen LogP contribution in [0.1, 0.15) is 33.2 Å². The van der Waals surface area contributed by atoms with Crippen LogP contribution in [0.5, 0.6) is 0 Å². The van der Waals surface area contributed by atoms with Gasteiger partial charge in [0.25, 0.3) is 11.8 Å². The van der Waals surface area contributed by atoms with Crippen molar-refractivity contribution in [1.82, 2.24) is 4.90 Å². The summed E-state index contributed by atoms with van der Waals surface area (Å²) in [6.45, 7) is 1.33. The van der Waals surface area contributed by atoms with Gasteiger partial charge >= 0.3 is 59.1 Å². The van der Waals surface area contributed by atoms with Gasteiger partial charge in [-0.05, 0) is 42.8 Å². The molecule has 1 N–H and O–H groups in total. The monoisotopic (exact) mass is 505 g/mol. The first-order chi connectivity index (χ1) is 16.3. The van der Waals surface area contributed by atoms with Crippen LogP contribution < -0.4 is 79.5 Å². The van der Waals surface area contributed by atoms with E-state index in [0.29, 0.717) is 35.3 Å². The van der Waals surface area contributed by atoms with Crippen LogP contribution >= 0.6 is 0 Å². The Balaban J connectivity index is 0.00000228. The maximum absolute atomic E-state index is 12.8. The van der Waals surface area contributed by atoms with Crippen molar-refractivity contribution < 1.29 is 88.5 Å². The zero-order chi connectivity index (χ0) is 24.4. The third-order valence-corrected chi connectivity index (χ3v) is 5.73. The Morgan fingerprint density at radius 3 is 2.00 bits per heavy atom. The minimum absolute atomic E-state index is 0. The maximum atomic E-state index is 12.8. The van der Waals surface area contributed by atoms with Gasteiger partial charge in [-0.2, -0.15) is 0 Å². The average Bonchev–Trinajstić information content (AvgIpc) is 2.81. The molecule has 1 heterocycles. The fraction of sp³-hybridized carbons (Fsp3) is 0.200. The van der Waals surface area contributed by atoms with E-state index in [-0.39, 0.29) is 70.9 Å². The number of aliphatic carboxylic acids is 2. The summed E-state index contributed by atoms with van der Waals surface area (Å²) in [5, 5.41) is 26.6. The molecule has 0 atom stereocenters. The third-order valence-electron chi connectivity index (χ3n) is 5.73. The SMILES string of the molecule is CCN1C(=O)c2cccc3c(NCc4ccc(N(CC(=O)[O-])CC(=O)[O-])cc4)ccc(c23)C1=O.[Na+].[Na+]. The summed E-state index contributed by atoms with van der Waals surface area (Å²) in [6.07, 6.45) is 0. The molecule has 3 aromatic carbocycles. The number of carbonyl (C=O) groups excluding carboxylic acids is 4. The topological polar surface area (TPSA) is 133 Å². The van der Waals surface area contributed by atoms with Gasteiger partial charge in [0.05, 0.1) is 25.0 Å². The van der Waals surface area contributed by atoms with Crippen molar-refractivity contribution in [3.63, 3.8) is 0 Å². The number of hydrogen-bond acceptors (Lipinski definition) is 8. The summed E-state index contributed by atoms with van der Waals surface area (Å²) < 4.78 is 0. The van der Waals surface area contributed by atoms with Gasteiger partial charge in [-0.15, -0.1) is 0 Å². The van der Waals surface area contributed by atoms with Crippen molar-refractivity contribution in [2.75, 3.05) is 29.9 Å². The summed E-state index contributed by atoms with van der Waals surface area (Å²) >= 11 is 0. The van der Waals surface area contributed by atoms with Crippen LogP contribution in [-0.4, -0.2) is 48.3 Å². The molecule has 1 aliphatic heterocycles. The standard InChI is InChI=1S/C25H23N3O6.2Na/c1-2-28-24(33)18-5-3-4-17-20(11-10-19(23(17)18)25(28)34)26-12-15-6-8-16(9-7-15)27(13-21(29)30)14-22(31)32;;/h3-11,26H,2,12-14H2,1H3,(H,29,30)(H,31,32);;/q;2*+1/p-2. The molecule has 3 aromatic rings. The van der Waals surface area contributed by atoms with Gasteiger partial charge in [0.15, 0.2) is 0 Å². The van der Waals surface area contributed by atoms with Gasteiger partial charge in [-0.1, -0.05) is 24.3 Å². The smallest absolute Gasteiger partial charge is 0.548 e. The largest absolute Gasteiger partial charge is 1.00 e. The van der Waals surface area contributed by atoms with E-state index in [0.717, 1.165) is 21.5 Å². The van der Waals surface area contributed by atoms with E-state index in [4.69, 9.17) is 0 Å². The zero-order valence-corrected chi connectivity index (χ0v) is 24.4. The number of carboxylic acids is 2. The Kier molecular flexibility index (Phi) is 10.5. The number of nitrogens with zero attached hydrogens (tertiary/aromatic N) is 2. The second-order valence-corrected chi connectivity index (χ2v) is 7.86. The first-order valence-electron chi connectivity index (χ1n) is 10.7. The molecule has 0 radical (unpaired) electrons. The van der Waals surface area contributed by atoms with E-state index in [9.17, 15) is 29.4 Å². The van der Waals surface area contributed by atoms with Crippen LogP contribution in [0.3, 0.4) is 0 Å². The molecule has 0 saturated carbocycles. The summed E-state index contributed by atoms with van der Waals surface area (Å²) in [5.41, 5.74) is 3.00. The third kappa shape index (κ3) is 6.11. The van der Waals surface area contributed by atoms with E-state index in [1.54, 1.807) is 55.5 Å². The van der Waals surface area contributed by atoms with Gasteiger partial charge < -0.3 is 30.0 Å². The first-order valence-corrected chi connectivity index (χ1v) is 10.7. The Morgan fingerprint density at radius 1 is 0.861 bits per heavy atom. The summed E-state index contributed by atoms with van der Waals surface area (Å²) in [7, 11) is 0. The summed E-state index contributed by atoms with van der Waals surface area (Å²) in [4.78, 5) is 49.7. The normalized spacial score (nSPS) is 12.0. The first kappa shape index (κ1) is 29.8. The zero-order valence-electron chi connectivity index (χ0n) is 20.4. The molecule has 0 spiro atoms. The number of nitrogens with one attached hydrogen (secondary N) is 1. The molecule has 1 aliphatic rings. The Hall–Kier alpha value is -2.40. The molecule has 0 fully saturated rings. The van der Waals surface area contributed by atoms with Gasteiger partial charge in [-0.25, -0.2) is 0 Å². The van der Waals surface area contributed by atoms with Crippen molar-refractivity contribution in [3.05, 3.63) is 71.3 Å². The number of hydrogen-bond donors (Lipinski definition) is 1. The van der Waals surface area contributed by atoms with Gasteiger partial charge in [0, 0.05) is 46.4 Å². The fourth-order valence-corrected chi connectivity index (χ4v) is 4.16. The Bertz CT molecular complexity index is 1270. The predicted molar refractivity (Wildman–Crippen MR) is 121 cm³/mol. The molecule has 0 unspecified atom stereocenters. The maximum Gasteiger partial charge on any atom is 1.00 e. The van der Waals surface area contributed by atoms with E-state index in [2.05, 4.69) is 5.32 Å². The van der Waals surface area contributed by atoms with Crippen LogP contribution in [-0.2, 0) is 16.1 Å². The Morgan fingerprint density at radius 2 is 1.44 bits per heavy atom. The van der Waals surface area contributed by atoms with E-state index in [1.807, 2.05) is 6.07 Å². The van der Waals surface area contributed by atoms with E-state index >= 15 is 0 Å². The van der Waals surface area contributed by atoms with Gasteiger partial charge in [0.1, 0.15) is 0 Å². The number of amides is 2. The number of imide groups is 1. The number of rotatable bonds is 9. The van der Waals surface area contributed by atoms with Crippen LogP contribution in [0.2, 0.25) is 0 Å². The van der Waals surface area contributed by atoms with Crippen LogP contribution in [0.4, 0.5) is 11.4 Å². The molecule has 9 nitrogen and oxygen atoms in total. The number of carbonyl (C=O) groups is 4. The summed E-state index contributed by atoms with van der Waals surface area (Å²) in [6, 6.07) is 15.6. The molecule has 36 heavy (non-hydrogen) atoms. The molecule has 0 aromatic heterocycles. The van der Waals surface area contributed by atoms with E-state index < -0.39 is 25.0 Å². The van der Waals surface area contributed by atoms with Crippen LogP contribution in [0.25, 0.3) is 10.8 Å². The second kappa shape index (κ2) is 12.7. The van der Waals surface area contributed by atoms with Gasteiger partial charge in [-0.3, -0.25) is 14.5 Å². The minimum Gasteiger partial charge on any atom is -0.548 e. The second-order valence-electron chi connectivity index (χ2n) is 7.86. The van der Waals surface area contributed by atoms with Crippen LogP contribution in [0, 0.1) is 0 Å². The molecule has 0 aliphatic carbocycles. The summed E-state index contributed by atoms with van der Waals surface area (Å²) in [5.74, 6) is -3.41. The molecule has 4 rings (SSSR count). The van der Waals surface area contributed by atoms with E-state index in [1.165, 1.54) is 4.90 Å². The number of anilines is 2.